The molecule has 0 saturated carbocycles. The third-order valence-corrected chi connectivity index (χ3v) is 11.7. The fraction of sp³-hybridized carbons (Fsp3) is 0. The van der Waals surface area contributed by atoms with Crippen molar-refractivity contribution in [3.8, 4) is 17.1 Å². The predicted molar refractivity (Wildman–Crippen MR) is 226 cm³/mol. The zero-order valence-corrected chi connectivity index (χ0v) is 29.0. The summed E-state index contributed by atoms with van der Waals surface area (Å²) in [6.45, 7) is 0. The highest BCUT2D eigenvalue weighted by atomic mass is 15.1. The van der Waals surface area contributed by atoms with Gasteiger partial charge in [-0.2, -0.15) is 0 Å². The van der Waals surface area contributed by atoms with E-state index < -0.39 is 0 Å². The first-order chi connectivity index (χ1) is 26.8. The summed E-state index contributed by atoms with van der Waals surface area (Å²) in [5.74, 6) is 0.825. The molecule has 0 fully saturated rings. The molecule has 0 saturated heterocycles. The van der Waals surface area contributed by atoms with Gasteiger partial charge in [0.05, 0.1) is 38.6 Å². The lowest BCUT2D eigenvalue weighted by Gasteiger charge is -2.17. The molecule has 4 heteroatoms. The van der Waals surface area contributed by atoms with Crippen molar-refractivity contribution in [2.24, 2.45) is 0 Å². The van der Waals surface area contributed by atoms with Crippen LogP contribution in [-0.2, 0) is 0 Å². The Labute approximate surface area is 308 Å². The summed E-state index contributed by atoms with van der Waals surface area (Å²) in [7, 11) is 0. The molecule has 0 unspecified atom stereocenters. The minimum absolute atomic E-state index is 0.825. The molecule has 0 bridgehead atoms. The van der Waals surface area contributed by atoms with Crippen molar-refractivity contribution in [1.29, 1.82) is 0 Å². The standard InChI is InChI=1S/C50H28N4/c1-2-14-30(15-3-1)45-50(52-46-33-18-7-4-13-29(33)25-26-40(46)51-45)54-48-34-19-8-5-16-31(34)27-39-38-23-12-22-37-36-21-10-11-24-41(36)53(47(37)38)42-28-32-17-6-9-20-35(32)49(54)44(42)43(39)48/h1-28H. The van der Waals surface area contributed by atoms with Gasteiger partial charge in [-0.15, -0.1) is 0 Å². The van der Waals surface area contributed by atoms with E-state index in [1.165, 1.54) is 70.4 Å². The van der Waals surface area contributed by atoms with Crippen molar-refractivity contribution < 1.29 is 0 Å². The molecule has 0 aliphatic heterocycles. The molecule has 0 radical (unpaired) electrons. The summed E-state index contributed by atoms with van der Waals surface area (Å²) in [5, 5.41) is 14.4. The fourth-order valence-corrected chi connectivity index (χ4v) is 9.53. The maximum atomic E-state index is 5.76. The van der Waals surface area contributed by atoms with Gasteiger partial charge in [0, 0.05) is 48.7 Å². The number of aromatic nitrogens is 4. The topological polar surface area (TPSA) is 35.1 Å². The number of nitrogens with zero attached hydrogens (tertiary/aromatic N) is 4. The molecule has 13 rings (SSSR count). The van der Waals surface area contributed by atoms with Crippen molar-refractivity contribution in [2.45, 2.75) is 0 Å². The first-order valence-electron chi connectivity index (χ1n) is 18.5. The van der Waals surface area contributed by atoms with Crippen LogP contribution in [0.4, 0.5) is 0 Å². The first kappa shape index (κ1) is 28.3. The van der Waals surface area contributed by atoms with Crippen LogP contribution in [0.3, 0.4) is 0 Å². The average molecular weight is 685 g/mol. The van der Waals surface area contributed by atoms with Gasteiger partial charge in [0.15, 0.2) is 5.82 Å². The quantitative estimate of drug-likeness (QED) is 0.170. The zero-order chi connectivity index (χ0) is 35.1. The second-order valence-electron chi connectivity index (χ2n) is 14.5. The summed E-state index contributed by atoms with van der Waals surface area (Å²) in [5.41, 5.74) is 9.58. The molecule has 0 aliphatic rings. The van der Waals surface area contributed by atoms with Gasteiger partial charge in [-0.3, -0.25) is 4.57 Å². The van der Waals surface area contributed by atoms with E-state index in [4.69, 9.17) is 9.97 Å². The monoisotopic (exact) mass is 684 g/mol. The second kappa shape index (κ2) is 10.2. The van der Waals surface area contributed by atoms with E-state index in [0.717, 1.165) is 49.9 Å². The molecule has 9 aromatic carbocycles. The van der Waals surface area contributed by atoms with Crippen LogP contribution in [0, 0.1) is 0 Å². The minimum atomic E-state index is 0.825. The molecule has 0 aliphatic carbocycles. The molecule has 0 N–H and O–H groups in total. The smallest absolute Gasteiger partial charge is 0.165 e. The highest BCUT2D eigenvalue weighted by molar-refractivity contribution is 6.38. The number of hydrogen-bond donors (Lipinski definition) is 0. The largest absolute Gasteiger partial charge is 0.308 e. The van der Waals surface area contributed by atoms with Gasteiger partial charge < -0.3 is 4.40 Å². The normalized spacial score (nSPS) is 12.4. The van der Waals surface area contributed by atoms with Crippen LogP contribution in [-0.4, -0.2) is 18.9 Å². The lowest BCUT2D eigenvalue weighted by Crippen LogP contribution is -2.05. The van der Waals surface area contributed by atoms with E-state index in [9.17, 15) is 0 Å². The molecule has 4 heterocycles. The van der Waals surface area contributed by atoms with E-state index in [2.05, 4.69) is 179 Å². The van der Waals surface area contributed by atoms with Crippen LogP contribution >= 0.6 is 0 Å². The Morgan fingerprint density at radius 3 is 1.78 bits per heavy atom. The Morgan fingerprint density at radius 1 is 0.370 bits per heavy atom. The Balaban J connectivity index is 1.39. The summed E-state index contributed by atoms with van der Waals surface area (Å²) in [6.07, 6.45) is 0. The predicted octanol–water partition coefficient (Wildman–Crippen LogP) is 13.0. The number of para-hydroxylation sites is 2. The molecule has 13 aromatic rings. The third kappa shape index (κ3) is 3.52. The number of rotatable bonds is 2. The fourth-order valence-electron chi connectivity index (χ4n) is 9.53. The maximum absolute atomic E-state index is 5.76. The number of benzene rings is 9. The van der Waals surface area contributed by atoms with Crippen molar-refractivity contribution in [3.05, 3.63) is 170 Å². The minimum Gasteiger partial charge on any atom is -0.308 e. The van der Waals surface area contributed by atoms with Gasteiger partial charge in [-0.1, -0.05) is 146 Å². The SMILES string of the molecule is c1ccc(-c2nc3ccc4ccccc4c3nc2-n2c3c4ccccc4cc4c5cccc6c7ccccc7n(c7cc8ccccc8c2c7c43)c56)cc1. The maximum Gasteiger partial charge on any atom is 0.165 e. The van der Waals surface area contributed by atoms with Crippen LogP contribution in [0.25, 0.3) is 120 Å². The van der Waals surface area contributed by atoms with Gasteiger partial charge in [-0.25, -0.2) is 9.97 Å². The van der Waals surface area contributed by atoms with Crippen molar-refractivity contribution in [3.63, 3.8) is 0 Å². The van der Waals surface area contributed by atoms with Crippen LogP contribution in [0.15, 0.2) is 170 Å². The molecule has 0 amide bonds. The molecular formula is C50H28N4. The summed E-state index contributed by atoms with van der Waals surface area (Å²) < 4.78 is 5.00. The lowest BCUT2D eigenvalue weighted by molar-refractivity contribution is 1.09. The van der Waals surface area contributed by atoms with E-state index in [1.807, 2.05) is 0 Å². The van der Waals surface area contributed by atoms with Crippen molar-refractivity contribution in [1.82, 2.24) is 18.9 Å². The van der Waals surface area contributed by atoms with Gasteiger partial charge in [0.1, 0.15) is 5.69 Å². The van der Waals surface area contributed by atoms with E-state index >= 15 is 0 Å². The highest BCUT2D eigenvalue weighted by Gasteiger charge is 2.27. The molecule has 248 valence electrons. The van der Waals surface area contributed by atoms with Crippen LogP contribution < -0.4 is 0 Å². The second-order valence-corrected chi connectivity index (χ2v) is 14.5. The van der Waals surface area contributed by atoms with Crippen LogP contribution in [0.5, 0.6) is 0 Å². The number of fused-ring (bicyclic) bond motifs is 12. The van der Waals surface area contributed by atoms with Gasteiger partial charge in [-0.05, 0) is 45.8 Å². The van der Waals surface area contributed by atoms with Crippen LogP contribution in [0.1, 0.15) is 0 Å². The van der Waals surface area contributed by atoms with Crippen molar-refractivity contribution >= 4 is 103 Å². The van der Waals surface area contributed by atoms with Gasteiger partial charge >= 0.3 is 0 Å². The Hall–Kier alpha value is -7.30. The Morgan fingerprint density at radius 2 is 0.981 bits per heavy atom. The summed E-state index contributed by atoms with van der Waals surface area (Å²) >= 11 is 0. The van der Waals surface area contributed by atoms with E-state index in [1.54, 1.807) is 0 Å². The number of hydrogen-bond acceptors (Lipinski definition) is 2. The first-order valence-corrected chi connectivity index (χ1v) is 18.5. The zero-order valence-electron chi connectivity index (χ0n) is 29.0. The third-order valence-electron chi connectivity index (χ3n) is 11.7. The molecule has 54 heavy (non-hydrogen) atoms. The lowest BCUT2D eigenvalue weighted by atomic mass is 9.98. The molecule has 0 atom stereocenters. The van der Waals surface area contributed by atoms with E-state index in [0.29, 0.717) is 0 Å². The van der Waals surface area contributed by atoms with Gasteiger partial charge in [0.25, 0.3) is 0 Å². The summed E-state index contributed by atoms with van der Waals surface area (Å²) in [6, 6.07) is 61.6. The van der Waals surface area contributed by atoms with Crippen molar-refractivity contribution in [2.75, 3.05) is 0 Å². The summed E-state index contributed by atoms with van der Waals surface area (Å²) in [4.78, 5) is 11.3. The van der Waals surface area contributed by atoms with Gasteiger partial charge in [0.2, 0.25) is 0 Å². The Bertz CT molecular complexity index is 3720. The molecule has 4 aromatic heterocycles. The molecular weight excluding hydrogens is 657 g/mol. The average Bonchev–Trinajstić information content (AvgIpc) is 3.74. The molecule has 4 nitrogen and oxygen atoms in total. The van der Waals surface area contributed by atoms with Crippen LogP contribution in [0.2, 0.25) is 0 Å². The Kier molecular flexibility index (Phi) is 5.34. The van der Waals surface area contributed by atoms with E-state index in [-0.39, 0.29) is 0 Å². The highest BCUT2D eigenvalue weighted by Crippen LogP contribution is 2.49. The molecule has 0 spiro atoms.